The van der Waals surface area contributed by atoms with E-state index < -0.39 is 17.7 Å². The summed E-state index contributed by atoms with van der Waals surface area (Å²) in [6, 6.07) is 29.2. The van der Waals surface area contributed by atoms with E-state index >= 15 is 0 Å². The minimum atomic E-state index is -0.584. The number of anilines is 1. The third-order valence-electron chi connectivity index (χ3n) is 6.45. The molecule has 1 atom stereocenters. The summed E-state index contributed by atoms with van der Waals surface area (Å²) in [5.41, 5.74) is 4.50. The Morgan fingerprint density at radius 3 is 2.39 bits per heavy atom. The van der Waals surface area contributed by atoms with Crippen LogP contribution in [0.2, 0.25) is 0 Å². The number of benzene rings is 3. The quantitative estimate of drug-likeness (QED) is 0.118. The summed E-state index contributed by atoms with van der Waals surface area (Å²) >= 11 is 0. The fourth-order valence-electron chi connectivity index (χ4n) is 4.13. The number of carbonyl (C=O) groups is 1. The van der Waals surface area contributed by atoms with Gasteiger partial charge in [-0.15, -0.1) is 0 Å². The second kappa shape index (κ2) is 13.6. The lowest BCUT2D eigenvalue weighted by molar-refractivity contribution is -0.753. The van der Waals surface area contributed by atoms with Crippen molar-refractivity contribution in [3.63, 3.8) is 0 Å². The summed E-state index contributed by atoms with van der Waals surface area (Å²) < 4.78 is 13.3. The van der Waals surface area contributed by atoms with Crippen LogP contribution in [0, 0.1) is 5.41 Å². The third-order valence-corrected chi connectivity index (χ3v) is 6.45. The molecule has 0 aliphatic rings. The lowest BCUT2D eigenvalue weighted by Gasteiger charge is -2.18. The molecule has 0 fully saturated rings. The van der Waals surface area contributed by atoms with Gasteiger partial charge in [-0.2, -0.15) is 4.57 Å². The molecule has 0 spiro atoms. The molecule has 1 unspecified atom stereocenters. The van der Waals surface area contributed by atoms with Crippen LogP contribution in [0.25, 0.3) is 11.1 Å². The molecular formula is C34H37N3O4. The standard InChI is InChI=1S/C34H37N3O4/c1-25(41-32(38)34(2,3)4)37-21-10-11-26(24-37)23-35-33(39)36-29-16-18-30(19-17-29)40-22-20-28-14-8-9-15-31(28)27-12-6-5-7-13-27/h5-19,21,24-25H,20,22-23H2,1-4H3,(H-,35,36,39). The molecule has 0 bridgehead atoms. The molecule has 41 heavy (non-hydrogen) atoms. The molecule has 0 radical (unpaired) electrons. The zero-order valence-electron chi connectivity index (χ0n) is 24.0. The van der Waals surface area contributed by atoms with Gasteiger partial charge in [-0.1, -0.05) is 54.6 Å². The topological polar surface area (TPSA) is 86.9 Å². The van der Waals surface area contributed by atoms with Gasteiger partial charge in [-0.25, -0.2) is 0 Å². The minimum Gasteiger partial charge on any atom is -0.846 e. The Morgan fingerprint density at radius 2 is 1.66 bits per heavy atom. The van der Waals surface area contributed by atoms with Crippen LogP contribution < -0.4 is 19.7 Å². The molecule has 0 aliphatic carbocycles. The molecule has 1 aromatic heterocycles. The minimum absolute atomic E-state index is 0.193. The van der Waals surface area contributed by atoms with Crippen LogP contribution in [0.15, 0.2) is 108 Å². The molecular weight excluding hydrogens is 514 g/mol. The second-order valence-electron chi connectivity index (χ2n) is 10.8. The first-order valence-corrected chi connectivity index (χ1v) is 13.7. The van der Waals surface area contributed by atoms with Gasteiger partial charge in [0.1, 0.15) is 5.75 Å². The molecule has 1 N–H and O–H groups in total. The molecule has 0 amide bonds. The number of ether oxygens (including phenoxy) is 2. The molecule has 4 aromatic rings. The highest BCUT2D eigenvalue weighted by Crippen LogP contribution is 2.24. The normalized spacial score (nSPS) is 12.4. The fourth-order valence-corrected chi connectivity index (χ4v) is 4.13. The number of amidine groups is 1. The largest absolute Gasteiger partial charge is 0.846 e. The maximum absolute atomic E-state index is 12.4. The Balaban J connectivity index is 1.27. The van der Waals surface area contributed by atoms with Crippen molar-refractivity contribution < 1.29 is 23.9 Å². The molecule has 0 saturated heterocycles. The number of nitrogens with one attached hydrogen (secondary N) is 1. The van der Waals surface area contributed by atoms with E-state index in [1.165, 1.54) is 16.7 Å². The van der Waals surface area contributed by atoms with Crippen LogP contribution in [0.4, 0.5) is 5.69 Å². The molecule has 212 valence electrons. The Morgan fingerprint density at radius 1 is 0.951 bits per heavy atom. The van der Waals surface area contributed by atoms with Crippen molar-refractivity contribution in [3.05, 3.63) is 115 Å². The molecule has 1 heterocycles. The summed E-state index contributed by atoms with van der Waals surface area (Å²) in [5, 5.41) is 15.2. The number of aliphatic imine (C=N–C) groups is 1. The lowest BCUT2D eigenvalue weighted by Crippen LogP contribution is -2.41. The first kappa shape index (κ1) is 29.3. The zero-order valence-corrected chi connectivity index (χ0v) is 24.0. The first-order chi connectivity index (χ1) is 19.7. The second-order valence-corrected chi connectivity index (χ2v) is 10.8. The number of rotatable bonds is 10. The molecule has 7 nitrogen and oxygen atoms in total. The van der Waals surface area contributed by atoms with Gasteiger partial charge in [-0.05, 0) is 67.8 Å². The average Bonchev–Trinajstić information content (AvgIpc) is 2.97. The number of aromatic nitrogens is 1. The van der Waals surface area contributed by atoms with E-state index in [1.807, 2.05) is 81.7 Å². The highest BCUT2D eigenvalue weighted by molar-refractivity contribution is 5.85. The van der Waals surface area contributed by atoms with Gasteiger partial charge >= 0.3 is 12.2 Å². The number of hydrogen-bond acceptors (Lipinski definition) is 5. The van der Waals surface area contributed by atoms with Gasteiger partial charge in [0.2, 0.25) is 0 Å². The van der Waals surface area contributed by atoms with Crippen LogP contribution in [0.1, 0.15) is 45.0 Å². The van der Waals surface area contributed by atoms with E-state index in [-0.39, 0.29) is 12.5 Å². The maximum Gasteiger partial charge on any atom is 0.316 e. The van der Waals surface area contributed by atoms with Gasteiger partial charge in [0.25, 0.3) is 0 Å². The Labute approximate surface area is 242 Å². The monoisotopic (exact) mass is 551 g/mol. The van der Waals surface area contributed by atoms with Crippen LogP contribution in [-0.4, -0.2) is 18.6 Å². The van der Waals surface area contributed by atoms with Crippen molar-refractivity contribution in [3.8, 4) is 16.9 Å². The van der Waals surface area contributed by atoms with Crippen LogP contribution >= 0.6 is 0 Å². The van der Waals surface area contributed by atoms with Gasteiger partial charge in [-0.3, -0.25) is 9.79 Å². The Bertz CT molecular complexity index is 1460. The number of carbonyl (C=O) groups excluding carboxylic acids is 1. The van der Waals surface area contributed by atoms with Crippen molar-refractivity contribution in [2.24, 2.45) is 10.4 Å². The summed E-state index contributed by atoms with van der Waals surface area (Å²) in [4.78, 5) is 16.3. The Kier molecular flexibility index (Phi) is 9.74. The van der Waals surface area contributed by atoms with Crippen LogP contribution in [-0.2, 0) is 22.5 Å². The fraction of sp³-hybridized carbons (Fsp3) is 0.265. The van der Waals surface area contributed by atoms with E-state index in [1.54, 1.807) is 23.6 Å². The van der Waals surface area contributed by atoms with Crippen molar-refractivity contribution >= 4 is 17.7 Å². The first-order valence-electron chi connectivity index (χ1n) is 13.7. The smallest absolute Gasteiger partial charge is 0.316 e. The average molecular weight is 552 g/mol. The predicted molar refractivity (Wildman–Crippen MR) is 159 cm³/mol. The number of esters is 1. The summed E-state index contributed by atoms with van der Waals surface area (Å²) in [6.45, 7) is 7.97. The molecule has 3 aromatic carbocycles. The van der Waals surface area contributed by atoms with E-state index in [0.717, 1.165) is 17.7 Å². The SMILES string of the molecule is CC(OC(=O)C(C)(C)C)[n+]1cccc(CN=C([O-])Nc2ccc(OCCc3ccccc3-c3ccccc3)cc2)c1. The molecule has 0 saturated carbocycles. The highest BCUT2D eigenvalue weighted by Gasteiger charge is 2.27. The van der Waals surface area contributed by atoms with Crippen molar-refractivity contribution in [2.45, 2.75) is 46.9 Å². The molecule has 4 rings (SSSR count). The highest BCUT2D eigenvalue weighted by atomic mass is 16.6. The van der Waals surface area contributed by atoms with Gasteiger partial charge < -0.3 is 19.9 Å². The third kappa shape index (κ3) is 8.67. The van der Waals surface area contributed by atoms with E-state index in [9.17, 15) is 9.90 Å². The van der Waals surface area contributed by atoms with Crippen molar-refractivity contribution in [1.82, 2.24) is 0 Å². The molecule has 7 heteroatoms. The predicted octanol–water partition coefficient (Wildman–Crippen LogP) is 5.70. The number of pyridine rings is 1. The van der Waals surface area contributed by atoms with Gasteiger partial charge in [0.15, 0.2) is 12.4 Å². The summed E-state index contributed by atoms with van der Waals surface area (Å²) in [7, 11) is 0. The Hall–Kier alpha value is -4.65. The van der Waals surface area contributed by atoms with Gasteiger partial charge in [0.05, 0.1) is 24.6 Å². The number of nitrogens with zero attached hydrogens (tertiary/aromatic N) is 2. The lowest BCUT2D eigenvalue weighted by atomic mass is 9.97. The van der Waals surface area contributed by atoms with Crippen molar-refractivity contribution in [1.29, 1.82) is 0 Å². The maximum atomic E-state index is 12.4. The molecule has 0 aliphatic heterocycles. The van der Waals surface area contributed by atoms with E-state index in [2.05, 4.69) is 40.6 Å². The summed E-state index contributed by atoms with van der Waals surface area (Å²) in [6.07, 6.45) is 3.94. The van der Waals surface area contributed by atoms with Crippen molar-refractivity contribution in [2.75, 3.05) is 11.9 Å². The zero-order chi connectivity index (χ0) is 29.2. The summed E-state index contributed by atoms with van der Waals surface area (Å²) in [5.74, 6) is 0.448. The van der Waals surface area contributed by atoms with Crippen LogP contribution in [0.3, 0.4) is 0 Å². The van der Waals surface area contributed by atoms with E-state index in [0.29, 0.717) is 12.3 Å². The number of hydrogen-bond donors (Lipinski definition) is 1. The van der Waals surface area contributed by atoms with Gasteiger partial charge in [0, 0.05) is 30.7 Å². The van der Waals surface area contributed by atoms with Crippen LogP contribution in [0.5, 0.6) is 5.75 Å². The van der Waals surface area contributed by atoms with E-state index in [4.69, 9.17) is 9.47 Å².